The van der Waals surface area contributed by atoms with E-state index in [9.17, 15) is 0 Å². The lowest BCUT2D eigenvalue weighted by Crippen LogP contribution is -2.02. The summed E-state index contributed by atoms with van der Waals surface area (Å²) < 4.78 is 0. The molecule has 0 amide bonds. The highest BCUT2D eigenvalue weighted by Crippen LogP contribution is 1.94. The Bertz CT molecular complexity index is 84.9. The Hall–Kier alpha value is -0.530. The van der Waals surface area contributed by atoms with Gasteiger partial charge in [-0.1, -0.05) is 13.8 Å². The van der Waals surface area contributed by atoms with Crippen LogP contribution in [0.1, 0.15) is 20.3 Å². The van der Waals surface area contributed by atoms with E-state index in [-0.39, 0.29) is 0 Å². The van der Waals surface area contributed by atoms with Crippen LogP contribution in [0.3, 0.4) is 0 Å². The molecule has 2 nitrogen and oxygen atoms in total. The van der Waals surface area contributed by atoms with Gasteiger partial charge in [0, 0.05) is 20.3 Å². The van der Waals surface area contributed by atoms with E-state index in [0.717, 1.165) is 6.42 Å². The van der Waals surface area contributed by atoms with Crippen molar-refractivity contribution in [2.45, 2.75) is 20.3 Å². The number of rotatable bonds is 3. The Morgan fingerprint density at radius 3 is 2.33 bits per heavy atom. The second-order valence-corrected chi connectivity index (χ2v) is 2.77. The second kappa shape index (κ2) is 4.36. The van der Waals surface area contributed by atoms with Crippen LogP contribution < -0.4 is 0 Å². The molecule has 0 rings (SSSR count). The first kappa shape index (κ1) is 8.47. The van der Waals surface area contributed by atoms with Gasteiger partial charge in [-0.3, -0.25) is 0 Å². The predicted molar refractivity (Wildman–Crippen MR) is 41.6 cm³/mol. The third-order valence-corrected chi connectivity index (χ3v) is 0.889. The molecule has 0 N–H and O–H groups in total. The van der Waals surface area contributed by atoms with Crippen molar-refractivity contribution < 1.29 is 0 Å². The molecule has 54 valence electrons. The third kappa shape index (κ3) is 7.47. The molecule has 0 aromatic carbocycles. The zero-order valence-corrected chi connectivity index (χ0v) is 6.76. The molecular formula is C7H16N2. The lowest BCUT2D eigenvalue weighted by molar-refractivity contribution is 0.437. The van der Waals surface area contributed by atoms with E-state index in [1.807, 2.05) is 25.3 Å². The number of hydrogen-bond donors (Lipinski definition) is 0. The average Bonchev–Trinajstić information content (AvgIpc) is 1.63. The maximum atomic E-state index is 4.07. The lowest BCUT2D eigenvalue weighted by Gasteiger charge is -2.02. The van der Waals surface area contributed by atoms with Gasteiger partial charge >= 0.3 is 0 Å². The van der Waals surface area contributed by atoms with Crippen molar-refractivity contribution in [1.29, 1.82) is 0 Å². The maximum Gasteiger partial charge on any atom is 0.0247 e. The lowest BCUT2D eigenvalue weighted by atomic mass is 10.2. The van der Waals surface area contributed by atoms with Gasteiger partial charge in [-0.05, 0) is 12.3 Å². The van der Waals surface area contributed by atoms with Crippen molar-refractivity contribution in [2.75, 3.05) is 14.1 Å². The van der Waals surface area contributed by atoms with Crippen LogP contribution in [0.15, 0.2) is 5.10 Å². The third-order valence-electron chi connectivity index (χ3n) is 0.889. The normalized spacial score (nSPS) is 11.2. The Labute approximate surface area is 57.6 Å². The van der Waals surface area contributed by atoms with Crippen LogP contribution in [0.4, 0.5) is 0 Å². The summed E-state index contributed by atoms with van der Waals surface area (Å²) in [5.41, 5.74) is 0. The molecule has 9 heavy (non-hydrogen) atoms. The Morgan fingerprint density at radius 1 is 1.44 bits per heavy atom. The number of nitrogens with zero attached hydrogens (tertiary/aromatic N) is 2. The SMILES string of the molecule is CC(C)C/C=N/N(C)C. The van der Waals surface area contributed by atoms with E-state index < -0.39 is 0 Å². The summed E-state index contributed by atoms with van der Waals surface area (Å²) in [5.74, 6) is 0.716. The van der Waals surface area contributed by atoms with Crippen LogP contribution in [-0.2, 0) is 0 Å². The van der Waals surface area contributed by atoms with Crippen molar-refractivity contribution >= 4 is 6.21 Å². The zero-order valence-electron chi connectivity index (χ0n) is 6.76. The summed E-state index contributed by atoms with van der Waals surface area (Å²) in [7, 11) is 3.85. The van der Waals surface area contributed by atoms with Gasteiger partial charge in [-0.15, -0.1) is 0 Å². The van der Waals surface area contributed by atoms with E-state index >= 15 is 0 Å². The highest BCUT2D eigenvalue weighted by Gasteiger charge is 1.87. The number of hydrogen-bond acceptors (Lipinski definition) is 2. The molecule has 0 aromatic rings. The summed E-state index contributed by atoms with van der Waals surface area (Å²) in [6, 6.07) is 0. The van der Waals surface area contributed by atoms with Crippen LogP contribution in [0, 0.1) is 5.92 Å². The molecule has 0 aliphatic rings. The van der Waals surface area contributed by atoms with Gasteiger partial charge in [0.05, 0.1) is 0 Å². The molecule has 0 fully saturated rings. The van der Waals surface area contributed by atoms with Crippen molar-refractivity contribution in [2.24, 2.45) is 11.0 Å². The summed E-state index contributed by atoms with van der Waals surface area (Å²) in [4.78, 5) is 0. The van der Waals surface area contributed by atoms with Crippen LogP contribution >= 0.6 is 0 Å². The summed E-state index contributed by atoms with van der Waals surface area (Å²) in [6.45, 7) is 4.36. The second-order valence-electron chi connectivity index (χ2n) is 2.77. The first-order chi connectivity index (χ1) is 4.13. The van der Waals surface area contributed by atoms with Crippen LogP contribution in [0.2, 0.25) is 0 Å². The zero-order chi connectivity index (χ0) is 7.28. The van der Waals surface area contributed by atoms with Gasteiger partial charge < -0.3 is 5.01 Å². The quantitative estimate of drug-likeness (QED) is 0.416. The molecule has 0 unspecified atom stereocenters. The van der Waals surface area contributed by atoms with Gasteiger partial charge in [0.1, 0.15) is 0 Å². The largest absolute Gasteiger partial charge is 0.303 e. The fourth-order valence-electron chi connectivity index (χ4n) is 0.421. The van der Waals surface area contributed by atoms with E-state index in [4.69, 9.17) is 0 Å². The van der Waals surface area contributed by atoms with Crippen molar-refractivity contribution in [3.05, 3.63) is 0 Å². The molecule has 2 heteroatoms. The minimum atomic E-state index is 0.716. The molecular weight excluding hydrogens is 112 g/mol. The van der Waals surface area contributed by atoms with Gasteiger partial charge in [0.2, 0.25) is 0 Å². The van der Waals surface area contributed by atoms with Crippen LogP contribution in [-0.4, -0.2) is 25.3 Å². The van der Waals surface area contributed by atoms with E-state index in [2.05, 4.69) is 18.9 Å². The molecule has 0 radical (unpaired) electrons. The Balaban J connectivity index is 3.25. The average molecular weight is 128 g/mol. The fraction of sp³-hybridized carbons (Fsp3) is 0.857. The molecule has 0 aromatic heterocycles. The van der Waals surface area contributed by atoms with Crippen molar-refractivity contribution in [3.63, 3.8) is 0 Å². The summed E-state index contributed by atoms with van der Waals surface area (Å²) >= 11 is 0. The molecule has 0 aliphatic heterocycles. The highest BCUT2D eigenvalue weighted by atomic mass is 15.4. The minimum absolute atomic E-state index is 0.716. The van der Waals surface area contributed by atoms with E-state index in [1.54, 1.807) is 0 Å². The van der Waals surface area contributed by atoms with Crippen molar-refractivity contribution in [1.82, 2.24) is 5.01 Å². The van der Waals surface area contributed by atoms with E-state index in [0.29, 0.717) is 5.92 Å². The monoisotopic (exact) mass is 128 g/mol. The highest BCUT2D eigenvalue weighted by molar-refractivity contribution is 5.56. The topological polar surface area (TPSA) is 15.6 Å². The van der Waals surface area contributed by atoms with Gasteiger partial charge in [0.15, 0.2) is 0 Å². The minimum Gasteiger partial charge on any atom is -0.303 e. The summed E-state index contributed by atoms with van der Waals surface area (Å²) in [6.07, 6.45) is 3.02. The molecule has 0 heterocycles. The van der Waals surface area contributed by atoms with Crippen molar-refractivity contribution in [3.8, 4) is 0 Å². The predicted octanol–water partition coefficient (Wildman–Crippen LogP) is 1.58. The molecule has 0 atom stereocenters. The van der Waals surface area contributed by atoms with E-state index in [1.165, 1.54) is 0 Å². The van der Waals surface area contributed by atoms with Crippen LogP contribution in [0.25, 0.3) is 0 Å². The molecule has 0 bridgehead atoms. The Morgan fingerprint density at radius 2 is 2.00 bits per heavy atom. The molecule has 0 spiro atoms. The van der Waals surface area contributed by atoms with Gasteiger partial charge in [-0.25, -0.2) is 0 Å². The van der Waals surface area contributed by atoms with Gasteiger partial charge in [-0.2, -0.15) is 5.10 Å². The molecule has 0 aliphatic carbocycles. The summed E-state index contributed by atoms with van der Waals surface area (Å²) in [5, 5.41) is 5.88. The van der Waals surface area contributed by atoms with Gasteiger partial charge in [0.25, 0.3) is 0 Å². The molecule has 0 saturated heterocycles. The molecule has 0 saturated carbocycles. The maximum absolute atomic E-state index is 4.07. The Kier molecular flexibility index (Phi) is 4.10. The smallest absolute Gasteiger partial charge is 0.0247 e. The fourth-order valence-corrected chi connectivity index (χ4v) is 0.421. The first-order valence-electron chi connectivity index (χ1n) is 3.32. The van der Waals surface area contributed by atoms with Crippen LogP contribution in [0.5, 0.6) is 0 Å². The number of hydrazone groups is 1. The first-order valence-corrected chi connectivity index (χ1v) is 3.32. The standard InChI is InChI=1S/C7H16N2/c1-7(2)5-6-8-9(3)4/h6-7H,5H2,1-4H3/b8-6+.